The van der Waals surface area contributed by atoms with Crippen LogP contribution in [-0.4, -0.2) is 28.8 Å². The van der Waals surface area contributed by atoms with Crippen LogP contribution >= 0.6 is 0 Å². The average Bonchev–Trinajstić information content (AvgIpc) is 2.61. The summed E-state index contributed by atoms with van der Waals surface area (Å²) in [6, 6.07) is 1.90. The molecule has 0 aromatic carbocycles. The summed E-state index contributed by atoms with van der Waals surface area (Å²) in [6.07, 6.45) is 2.36. The molecular weight excluding hydrogens is 192 g/mol. The van der Waals surface area contributed by atoms with Crippen LogP contribution in [0.5, 0.6) is 0 Å². The van der Waals surface area contributed by atoms with Gasteiger partial charge in [0.15, 0.2) is 0 Å². The Labute approximate surface area is 89.6 Å². The Kier molecular flexibility index (Phi) is 4.30. The summed E-state index contributed by atoms with van der Waals surface area (Å²) in [5.41, 5.74) is 6.60. The van der Waals surface area contributed by atoms with Crippen LogP contribution in [0, 0.1) is 5.92 Å². The van der Waals surface area contributed by atoms with Crippen molar-refractivity contribution in [3.63, 3.8) is 0 Å². The highest BCUT2D eigenvalue weighted by atomic mass is 16.1. The van der Waals surface area contributed by atoms with Crippen LogP contribution in [0.2, 0.25) is 0 Å². The van der Waals surface area contributed by atoms with Gasteiger partial charge in [0, 0.05) is 38.4 Å². The van der Waals surface area contributed by atoms with Gasteiger partial charge in [-0.05, 0) is 13.0 Å². The molecule has 0 aliphatic rings. The lowest BCUT2D eigenvalue weighted by molar-refractivity contribution is -0.124. The first-order valence-electron chi connectivity index (χ1n) is 5.13. The molecule has 0 fully saturated rings. The topological polar surface area (TPSA) is 72.9 Å². The predicted octanol–water partition coefficient (Wildman–Crippen LogP) is -0.326. The molecule has 0 radical (unpaired) electrons. The third-order valence-corrected chi connectivity index (χ3v) is 2.38. The van der Waals surface area contributed by atoms with E-state index in [1.54, 1.807) is 10.9 Å². The number of nitrogens with one attached hydrogen (secondary N) is 1. The molecule has 15 heavy (non-hydrogen) atoms. The predicted molar refractivity (Wildman–Crippen MR) is 58.1 cm³/mol. The fourth-order valence-electron chi connectivity index (χ4n) is 1.46. The Hall–Kier alpha value is -1.36. The quantitative estimate of drug-likeness (QED) is 0.699. The Bertz CT molecular complexity index is 321. The minimum Gasteiger partial charge on any atom is -0.356 e. The molecule has 1 rings (SSSR count). The van der Waals surface area contributed by atoms with E-state index in [1.807, 2.05) is 20.0 Å². The first kappa shape index (κ1) is 11.7. The SMILES string of the molecule is CCNC(=O)C(CN)Cc1ccnn1C. The van der Waals surface area contributed by atoms with Crippen molar-refractivity contribution in [2.45, 2.75) is 13.3 Å². The summed E-state index contributed by atoms with van der Waals surface area (Å²) in [6.45, 7) is 2.90. The first-order chi connectivity index (χ1) is 7.19. The Morgan fingerprint density at radius 3 is 2.93 bits per heavy atom. The second-order valence-corrected chi connectivity index (χ2v) is 3.48. The normalized spacial score (nSPS) is 12.5. The van der Waals surface area contributed by atoms with Gasteiger partial charge in [-0.3, -0.25) is 9.48 Å². The lowest BCUT2D eigenvalue weighted by Crippen LogP contribution is -2.36. The van der Waals surface area contributed by atoms with Gasteiger partial charge in [0.25, 0.3) is 0 Å². The lowest BCUT2D eigenvalue weighted by Gasteiger charge is -2.13. The van der Waals surface area contributed by atoms with Crippen molar-refractivity contribution in [2.24, 2.45) is 18.7 Å². The molecule has 0 spiro atoms. The Morgan fingerprint density at radius 2 is 2.47 bits per heavy atom. The largest absolute Gasteiger partial charge is 0.356 e. The molecule has 1 aromatic heterocycles. The number of aryl methyl sites for hydroxylation is 1. The Balaban J connectivity index is 2.61. The third kappa shape index (κ3) is 3.06. The highest BCUT2D eigenvalue weighted by molar-refractivity contribution is 5.79. The number of nitrogens with two attached hydrogens (primary N) is 1. The van der Waals surface area contributed by atoms with E-state index in [2.05, 4.69) is 10.4 Å². The molecule has 1 aromatic rings. The molecule has 1 atom stereocenters. The number of amides is 1. The van der Waals surface area contributed by atoms with Crippen molar-refractivity contribution >= 4 is 5.91 Å². The van der Waals surface area contributed by atoms with E-state index in [0.717, 1.165) is 5.69 Å². The zero-order chi connectivity index (χ0) is 11.3. The van der Waals surface area contributed by atoms with Crippen LogP contribution < -0.4 is 11.1 Å². The van der Waals surface area contributed by atoms with Crippen LogP contribution in [-0.2, 0) is 18.3 Å². The van der Waals surface area contributed by atoms with Gasteiger partial charge in [-0.1, -0.05) is 0 Å². The molecule has 0 bridgehead atoms. The first-order valence-corrected chi connectivity index (χ1v) is 5.13. The second kappa shape index (κ2) is 5.50. The van der Waals surface area contributed by atoms with Crippen molar-refractivity contribution in [3.8, 4) is 0 Å². The molecular formula is C10H18N4O. The second-order valence-electron chi connectivity index (χ2n) is 3.48. The van der Waals surface area contributed by atoms with Crippen LogP contribution in [0.25, 0.3) is 0 Å². The van der Waals surface area contributed by atoms with E-state index in [4.69, 9.17) is 5.73 Å². The van der Waals surface area contributed by atoms with Crippen molar-refractivity contribution in [1.82, 2.24) is 15.1 Å². The molecule has 5 nitrogen and oxygen atoms in total. The molecule has 0 aliphatic carbocycles. The van der Waals surface area contributed by atoms with Gasteiger partial charge in [-0.2, -0.15) is 5.10 Å². The molecule has 3 N–H and O–H groups in total. The van der Waals surface area contributed by atoms with Crippen molar-refractivity contribution < 1.29 is 4.79 Å². The molecule has 0 saturated carbocycles. The van der Waals surface area contributed by atoms with Crippen LogP contribution in [0.4, 0.5) is 0 Å². The number of rotatable bonds is 5. The van der Waals surface area contributed by atoms with E-state index in [1.165, 1.54) is 0 Å². The molecule has 1 unspecified atom stereocenters. The number of carbonyl (C=O) groups is 1. The zero-order valence-electron chi connectivity index (χ0n) is 9.23. The fourth-order valence-corrected chi connectivity index (χ4v) is 1.46. The molecule has 0 aliphatic heterocycles. The average molecular weight is 210 g/mol. The number of hydrogen-bond donors (Lipinski definition) is 2. The van der Waals surface area contributed by atoms with E-state index in [9.17, 15) is 4.79 Å². The summed E-state index contributed by atoms with van der Waals surface area (Å²) in [5, 5.41) is 6.83. The van der Waals surface area contributed by atoms with E-state index < -0.39 is 0 Å². The zero-order valence-corrected chi connectivity index (χ0v) is 9.23. The maximum Gasteiger partial charge on any atom is 0.224 e. The number of hydrogen-bond acceptors (Lipinski definition) is 3. The molecule has 5 heteroatoms. The lowest BCUT2D eigenvalue weighted by atomic mass is 10.0. The maximum atomic E-state index is 11.6. The highest BCUT2D eigenvalue weighted by Gasteiger charge is 2.17. The smallest absolute Gasteiger partial charge is 0.224 e. The maximum absolute atomic E-state index is 11.6. The van der Waals surface area contributed by atoms with E-state index >= 15 is 0 Å². The van der Waals surface area contributed by atoms with E-state index in [-0.39, 0.29) is 11.8 Å². The highest BCUT2D eigenvalue weighted by Crippen LogP contribution is 2.06. The molecule has 84 valence electrons. The summed E-state index contributed by atoms with van der Waals surface area (Å²) in [7, 11) is 1.86. The van der Waals surface area contributed by atoms with Gasteiger partial charge in [0.05, 0.1) is 5.92 Å². The fraction of sp³-hybridized carbons (Fsp3) is 0.600. The van der Waals surface area contributed by atoms with Crippen LogP contribution in [0.1, 0.15) is 12.6 Å². The van der Waals surface area contributed by atoms with Gasteiger partial charge in [-0.25, -0.2) is 0 Å². The summed E-state index contributed by atoms with van der Waals surface area (Å²) >= 11 is 0. The third-order valence-electron chi connectivity index (χ3n) is 2.38. The molecule has 0 saturated heterocycles. The van der Waals surface area contributed by atoms with Crippen LogP contribution in [0.15, 0.2) is 12.3 Å². The summed E-state index contributed by atoms with van der Waals surface area (Å²) < 4.78 is 1.77. The van der Waals surface area contributed by atoms with Gasteiger partial charge in [-0.15, -0.1) is 0 Å². The summed E-state index contributed by atoms with van der Waals surface area (Å²) in [5.74, 6) is -0.151. The van der Waals surface area contributed by atoms with Gasteiger partial charge in [0.2, 0.25) is 5.91 Å². The monoisotopic (exact) mass is 210 g/mol. The van der Waals surface area contributed by atoms with Crippen molar-refractivity contribution in [2.75, 3.05) is 13.1 Å². The number of aromatic nitrogens is 2. The van der Waals surface area contributed by atoms with Gasteiger partial charge in [0.1, 0.15) is 0 Å². The standard InChI is InChI=1S/C10H18N4O/c1-3-12-10(15)8(7-11)6-9-4-5-13-14(9)2/h4-5,8H,3,6-7,11H2,1-2H3,(H,12,15). The minimum atomic E-state index is -0.166. The van der Waals surface area contributed by atoms with Crippen molar-refractivity contribution in [3.05, 3.63) is 18.0 Å². The van der Waals surface area contributed by atoms with Gasteiger partial charge < -0.3 is 11.1 Å². The number of nitrogens with zero attached hydrogens (tertiary/aromatic N) is 2. The van der Waals surface area contributed by atoms with Gasteiger partial charge >= 0.3 is 0 Å². The number of carbonyl (C=O) groups excluding carboxylic acids is 1. The Morgan fingerprint density at radius 1 is 1.73 bits per heavy atom. The van der Waals surface area contributed by atoms with Crippen LogP contribution in [0.3, 0.4) is 0 Å². The summed E-state index contributed by atoms with van der Waals surface area (Å²) in [4.78, 5) is 11.6. The van der Waals surface area contributed by atoms with Crippen molar-refractivity contribution in [1.29, 1.82) is 0 Å². The molecule has 1 heterocycles. The van der Waals surface area contributed by atoms with E-state index in [0.29, 0.717) is 19.5 Å². The minimum absolute atomic E-state index is 0.0150. The molecule has 1 amide bonds.